The van der Waals surface area contributed by atoms with Crippen LogP contribution in [0.3, 0.4) is 0 Å². The summed E-state index contributed by atoms with van der Waals surface area (Å²) in [4.78, 5) is 0. The number of nitrogens with zero attached hydrogens (tertiary/aromatic N) is 2. The van der Waals surface area contributed by atoms with Crippen molar-refractivity contribution in [3.8, 4) is 5.19 Å². The topological polar surface area (TPSA) is 56.3 Å². The van der Waals surface area contributed by atoms with Crippen molar-refractivity contribution in [2.24, 2.45) is 11.3 Å². The van der Waals surface area contributed by atoms with Gasteiger partial charge in [0.05, 0.1) is 6.61 Å². The Bertz CT molecular complexity index is 436. The fourth-order valence-corrected chi connectivity index (χ4v) is 3.94. The van der Waals surface area contributed by atoms with Crippen LogP contribution in [0.1, 0.15) is 45.0 Å². The van der Waals surface area contributed by atoms with Crippen molar-refractivity contribution in [1.82, 2.24) is 15.5 Å². The number of methoxy groups -OCH3 is 1. The van der Waals surface area contributed by atoms with Gasteiger partial charge in [-0.25, -0.2) is 0 Å². The largest absolute Gasteiger partial charge is 0.466 e. The highest BCUT2D eigenvalue weighted by Gasteiger charge is 2.33. The van der Waals surface area contributed by atoms with Crippen LogP contribution in [-0.4, -0.2) is 36.6 Å². The first-order chi connectivity index (χ1) is 9.98. The molecule has 120 valence electrons. The molecule has 5 nitrogen and oxygen atoms in total. The second-order valence-corrected chi connectivity index (χ2v) is 7.81. The standard InChI is InChI=1S/C15H27N3O2S/c1-11-7-12(9-15(2,3)8-11)20-14-18-17-13(21-14)10-16-5-6-19-4/h11-12,16H,5-10H2,1-4H3. The molecule has 2 unspecified atom stereocenters. The highest BCUT2D eigenvalue weighted by atomic mass is 32.1. The van der Waals surface area contributed by atoms with Gasteiger partial charge in [0.2, 0.25) is 0 Å². The van der Waals surface area contributed by atoms with Crippen LogP contribution in [0.15, 0.2) is 0 Å². The Balaban J connectivity index is 1.81. The summed E-state index contributed by atoms with van der Waals surface area (Å²) in [6.07, 6.45) is 3.76. The molecule has 1 N–H and O–H groups in total. The molecule has 21 heavy (non-hydrogen) atoms. The predicted molar refractivity (Wildman–Crippen MR) is 84.7 cm³/mol. The first-order valence-corrected chi connectivity index (χ1v) is 8.49. The first-order valence-electron chi connectivity index (χ1n) is 7.67. The molecule has 1 fully saturated rings. The van der Waals surface area contributed by atoms with Gasteiger partial charge >= 0.3 is 0 Å². The molecule has 1 aliphatic rings. The Morgan fingerprint density at radius 3 is 2.86 bits per heavy atom. The normalized spacial score (nSPS) is 25.0. The minimum absolute atomic E-state index is 0.269. The lowest BCUT2D eigenvalue weighted by Gasteiger charge is -2.38. The van der Waals surface area contributed by atoms with Crippen molar-refractivity contribution in [1.29, 1.82) is 0 Å². The second-order valence-electron chi connectivity index (χ2n) is 6.78. The third kappa shape index (κ3) is 5.52. The lowest BCUT2D eigenvalue weighted by atomic mass is 9.71. The lowest BCUT2D eigenvalue weighted by molar-refractivity contribution is 0.0556. The van der Waals surface area contributed by atoms with E-state index >= 15 is 0 Å². The Labute approximate surface area is 131 Å². The van der Waals surface area contributed by atoms with Gasteiger partial charge in [0, 0.05) is 20.2 Å². The number of nitrogens with one attached hydrogen (secondary N) is 1. The summed E-state index contributed by atoms with van der Waals surface area (Å²) in [5.74, 6) is 0.710. The van der Waals surface area contributed by atoms with E-state index in [0.717, 1.165) is 30.9 Å². The molecule has 0 bridgehead atoms. The van der Waals surface area contributed by atoms with Crippen LogP contribution in [0.25, 0.3) is 0 Å². The maximum Gasteiger partial charge on any atom is 0.294 e. The molecule has 2 atom stereocenters. The van der Waals surface area contributed by atoms with Crippen molar-refractivity contribution in [2.75, 3.05) is 20.3 Å². The van der Waals surface area contributed by atoms with Gasteiger partial charge < -0.3 is 14.8 Å². The minimum Gasteiger partial charge on any atom is -0.466 e. The summed E-state index contributed by atoms with van der Waals surface area (Å²) in [5, 5.41) is 13.3. The van der Waals surface area contributed by atoms with E-state index in [1.165, 1.54) is 17.8 Å². The molecule has 0 amide bonds. The van der Waals surface area contributed by atoms with Crippen LogP contribution in [0.2, 0.25) is 0 Å². The second kappa shape index (κ2) is 7.51. The Kier molecular flexibility index (Phi) is 5.96. The lowest BCUT2D eigenvalue weighted by Crippen LogP contribution is -2.34. The van der Waals surface area contributed by atoms with Gasteiger partial charge in [0.1, 0.15) is 11.1 Å². The molecular weight excluding hydrogens is 286 g/mol. The Morgan fingerprint density at radius 1 is 1.33 bits per heavy atom. The van der Waals surface area contributed by atoms with Crippen molar-refractivity contribution in [2.45, 2.75) is 52.7 Å². The fraction of sp³-hybridized carbons (Fsp3) is 0.867. The van der Waals surface area contributed by atoms with E-state index < -0.39 is 0 Å². The van der Waals surface area contributed by atoms with Crippen molar-refractivity contribution >= 4 is 11.3 Å². The van der Waals surface area contributed by atoms with E-state index in [2.05, 4.69) is 36.3 Å². The van der Waals surface area contributed by atoms with Crippen LogP contribution in [0.4, 0.5) is 0 Å². The molecule has 1 aliphatic carbocycles. The summed E-state index contributed by atoms with van der Waals surface area (Å²) in [6, 6.07) is 0. The molecule has 1 aromatic heterocycles. The van der Waals surface area contributed by atoms with Crippen LogP contribution in [-0.2, 0) is 11.3 Å². The van der Waals surface area contributed by atoms with Crippen LogP contribution >= 0.6 is 11.3 Å². The molecule has 0 aromatic carbocycles. The summed E-state index contributed by atoms with van der Waals surface area (Å²) >= 11 is 1.54. The molecule has 2 rings (SSSR count). The maximum absolute atomic E-state index is 6.06. The van der Waals surface area contributed by atoms with Crippen molar-refractivity contribution < 1.29 is 9.47 Å². The van der Waals surface area contributed by atoms with E-state index in [1.807, 2.05) is 0 Å². The Morgan fingerprint density at radius 2 is 2.14 bits per heavy atom. The van der Waals surface area contributed by atoms with E-state index in [0.29, 0.717) is 23.1 Å². The number of rotatable bonds is 7. The van der Waals surface area contributed by atoms with E-state index in [9.17, 15) is 0 Å². The third-order valence-electron chi connectivity index (χ3n) is 3.82. The molecule has 0 radical (unpaired) electrons. The highest BCUT2D eigenvalue weighted by molar-refractivity contribution is 7.13. The molecule has 0 spiro atoms. The molecule has 1 heterocycles. The first kappa shape index (κ1) is 16.6. The van der Waals surface area contributed by atoms with Gasteiger partial charge in [0.15, 0.2) is 0 Å². The summed E-state index contributed by atoms with van der Waals surface area (Å²) < 4.78 is 11.1. The quantitative estimate of drug-likeness (QED) is 0.785. The van der Waals surface area contributed by atoms with Crippen molar-refractivity contribution in [3.63, 3.8) is 0 Å². The van der Waals surface area contributed by atoms with Crippen LogP contribution in [0.5, 0.6) is 5.19 Å². The third-order valence-corrected chi connectivity index (χ3v) is 4.64. The Hall–Kier alpha value is -0.720. The zero-order chi connectivity index (χ0) is 15.3. The zero-order valence-corrected chi connectivity index (χ0v) is 14.3. The predicted octanol–water partition coefficient (Wildman–Crippen LogP) is 2.87. The molecule has 1 saturated carbocycles. The van der Waals surface area contributed by atoms with E-state index in [4.69, 9.17) is 9.47 Å². The van der Waals surface area contributed by atoms with Crippen molar-refractivity contribution in [3.05, 3.63) is 5.01 Å². The molecule has 1 aromatic rings. The molecule has 6 heteroatoms. The average Bonchev–Trinajstić information content (AvgIpc) is 2.79. The van der Waals surface area contributed by atoms with E-state index in [-0.39, 0.29) is 6.10 Å². The van der Waals surface area contributed by atoms with Crippen LogP contribution in [0, 0.1) is 11.3 Å². The zero-order valence-electron chi connectivity index (χ0n) is 13.5. The van der Waals surface area contributed by atoms with Gasteiger partial charge in [0.25, 0.3) is 5.19 Å². The highest BCUT2D eigenvalue weighted by Crippen LogP contribution is 2.40. The van der Waals surface area contributed by atoms with Gasteiger partial charge in [-0.1, -0.05) is 37.2 Å². The van der Waals surface area contributed by atoms with Gasteiger partial charge in [-0.05, 0) is 30.6 Å². The average molecular weight is 313 g/mol. The smallest absolute Gasteiger partial charge is 0.294 e. The monoisotopic (exact) mass is 313 g/mol. The summed E-state index contributed by atoms with van der Waals surface area (Å²) in [7, 11) is 1.70. The number of hydrogen-bond acceptors (Lipinski definition) is 6. The van der Waals surface area contributed by atoms with Gasteiger partial charge in [-0.2, -0.15) is 0 Å². The minimum atomic E-state index is 0.269. The molecule has 0 aliphatic heterocycles. The summed E-state index contributed by atoms with van der Waals surface area (Å²) in [5.41, 5.74) is 0.359. The molecule has 0 saturated heterocycles. The fourth-order valence-electron chi connectivity index (χ4n) is 3.22. The maximum atomic E-state index is 6.06. The van der Waals surface area contributed by atoms with Gasteiger partial charge in [-0.15, -0.1) is 5.10 Å². The van der Waals surface area contributed by atoms with Gasteiger partial charge in [-0.3, -0.25) is 0 Å². The number of aromatic nitrogens is 2. The SMILES string of the molecule is COCCNCc1nnc(OC2CC(C)CC(C)(C)C2)s1. The summed E-state index contributed by atoms with van der Waals surface area (Å²) in [6.45, 7) is 9.20. The number of ether oxygens (including phenoxy) is 2. The molecular formula is C15H27N3O2S. The number of hydrogen-bond donors (Lipinski definition) is 1. The van der Waals surface area contributed by atoms with Crippen LogP contribution < -0.4 is 10.1 Å². The van der Waals surface area contributed by atoms with E-state index in [1.54, 1.807) is 7.11 Å².